The largest absolute Gasteiger partial charge is 0.383 e. The average molecular weight is 328 g/mol. The van der Waals surface area contributed by atoms with E-state index in [0.29, 0.717) is 6.61 Å². The van der Waals surface area contributed by atoms with E-state index < -0.39 is 0 Å². The molecule has 0 radical (unpaired) electrons. The molecule has 2 aromatic rings. The molecule has 0 atom stereocenters. The van der Waals surface area contributed by atoms with Gasteiger partial charge in [-0.1, -0.05) is 18.2 Å². The van der Waals surface area contributed by atoms with Gasteiger partial charge < -0.3 is 4.74 Å². The van der Waals surface area contributed by atoms with Crippen LogP contribution in [-0.4, -0.2) is 23.5 Å². The molecular weight excluding hydrogens is 315 g/mol. The van der Waals surface area contributed by atoms with E-state index >= 15 is 0 Å². The van der Waals surface area contributed by atoms with Crippen molar-refractivity contribution < 1.29 is 4.74 Å². The second-order valence-electron chi connectivity index (χ2n) is 3.46. The number of halogens is 1. The van der Waals surface area contributed by atoms with Crippen molar-refractivity contribution in [1.82, 2.24) is 9.78 Å². The summed E-state index contributed by atoms with van der Waals surface area (Å²) in [5.41, 5.74) is 2.38. The molecule has 0 amide bonds. The van der Waals surface area contributed by atoms with Crippen LogP contribution in [0.4, 0.5) is 0 Å². The first kappa shape index (κ1) is 11.6. The predicted octanol–water partition coefficient (Wildman–Crippen LogP) is 2.80. The van der Waals surface area contributed by atoms with E-state index in [1.54, 1.807) is 7.11 Å². The zero-order valence-corrected chi connectivity index (χ0v) is 11.2. The minimum absolute atomic E-state index is 0.688. The van der Waals surface area contributed by atoms with Gasteiger partial charge in [-0.05, 0) is 34.2 Å². The van der Waals surface area contributed by atoms with Crippen LogP contribution in [0.3, 0.4) is 0 Å². The van der Waals surface area contributed by atoms with Gasteiger partial charge >= 0.3 is 0 Å². The summed E-state index contributed by atoms with van der Waals surface area (Å²) in [4.78, 5) is 0. The highest BCUT2D eigenvalue weighted by Gasteiger charge is 2.04. The standard InChI is InChI=1S/C12H13IN2O/c1-16-7-6-15-9-10(8-14-15)11-4-2-3-5-12(11)13/h2-5,8-9H,6-7H2,1H3. The average Bonchev–Trinajstić information content (AvgIpc) is 2.75. The third kappa shape index (κ3) is 2.62. The Morgan fingerprint density at radius 3 is 2.94 bits per heavy atom. The van der Waals surface area contributed by atoms with Gasteiger partial charge in [-0.2, -0.15) is 5.10 Å². The number of hydrogen-bond donors (Lipinski definition) is 0. The summed E-state index contributed by atoms with van der Waals surface area (Å²) in [5.74, 6) is 0. The second kappa shape index (κ2) is 5.45. The van der Waals surface area contributed by atoms with Crippen molar-refractivity contribution in [2.45, 2.75) is 6.54 Å². The number of ether oxygens (including phenoxy) is 1. The van der Waals surface area contributed by atoms with Crippen molar-refractivity contribution >= 4 is 22.6 Å². The van der Waals surface area contributed by atoms with Crippen LogP contribution in [0, 0.1) is 3.57 Å². The van der Waals surface area contributed by atoms with E-state index in [9.17, 15) is 0 Å². The summed E-state index contributed by atoms with van der Waals surface area (Å²) in [5, 5.41) is 4.30. The Morgan fingerprint density at radius 1 is 1.38 bits per heavy atom. The number of benzene rings is 1. The Kier molecular flexibility index (Phi) is 3.95. The van der Waals surface area contributed by atoms with Gasteiger partial charge in [0.15, 0.2) is 0 Å². The molecule has 1 heterocycles. The first-order valence-corrected chi connectivity index (χ1v) is 6.15. The van der Waals surface area contributed by atoms with Gasteiger partial charge in [-0.25, -0.2) is 0 Å². The molecule has 0 aliphatic rings. The fourth-order valence-corrected chi connectivity index (χ4v) is 2.20. The molecule has 2 rings (SSSR count). The lowest BCUT2D eigenvalue weighted by atomic mass is 10.1. The molecule has 0 aliphatic heterocycles. The summed E-state index contributed by atoms with van der Waals surface area (Å²) in [6.07, 6.45) is 3.95. The Bertz CT molecular complexity index is 468. The van der Waals surface area contributed by atoms with Gasteiger partial charge in [0.25, 0.3) is 0 Å². The highest BCUT2D eigenvalue weighted by molar-refractivity contribution is 14.1. The fourth-order valence-electron chi connectivity index (χ4n) is 1.51. The smallest absolute Gasteiger partial charge is 0.0658 e. The van der Waals surface area contributed by atoms with Crippen molar-refractivity contribution in [3.63, 3.8) is 0 Å². The molecule has 0 saturated carbocycles. The van der Waals surface area contributed by atoms with E-state index in [1.807, 2.05) is 23.0 Å². The summed E-state index contributed by atoms with van der Waals surface area (Å²) in [6.45, 7) is 1.48. The molecule has 84 valence electrons. The lowest BCUT2D eigenvalue weighted by molar-refractivity contribution is 0.183. The summed E-state index contributed by atoms with van der Waals surface area (Å²) >= 11 is 2.34. The molecule has 0 saturated heterocycles. The van der Waals surface area contributed by atoms with Crippen LogP contribution in [-0.2, 0) is 11.3 Å². The van der Waals surface area contributed by atoms with E-state index in [1.165, 1.54) is 9.13 Å². The third-order valence-electron chi connectivity index (χ3n) is 2.34. The van der Waals surface area contributed by atoms with Crippen LogP contribution in [0.15, 0.2) is 36.7 Å². The quantitative estimate of drug-likeness (QED) is 0.807. The summed E-state index contributed by atoms with van der Waals surface area (Å²) < 4.78 is 8.17. The van der Waals surface area contributed by atoms with Gasteiger partial charge in [0, 0.05) is 22.4 Å². The van der Waals surface area contributed by atoms with Gasteiger partial charge in [-0.15, -0.1) is 0 Å². The van der Waals surface area contributed by atoms with Crippen molar-refractivity contribution in [2.24, 2.45) is 0 Å². The number of methoxy groups -OCH3 is 1. The molecule has 1 aromatic carbocycles. The number of aromatic nitrogens is 2. The number of nitrogens with zero attached hydrogens (tertiary/aromatic N) is 2. The predicted molar refractivity (Wildman–Crippen MR) is 72.3 cm³/mol. The summed E-state index contributed by atoms with van der Waals surface area (Å²) in [7, 11) is 1.70. The molecule has 3 nitrogen and oxygen atoms in total. The summed E-state index contributed by atoms with van der Waals surface area (Å²) in [6, 6.07) is 8.30. The van der Waals surface area contributed by atoms with E-state index in [-0.39, 0.29) is 0 Å². The molecule has 0 spiro atoms. The molecule has 1 aromatic heterocycles. The molecule has 4 heteroatoms. The molecule has 16 heavy (non-hydrogen) atoms. The molecular formula is C12H13IN2O. The van der Waals surface area contributed by atoms with Gasteiger partial charge in [0.2, 0.25) is 0 Å². The van der Waals surface area contributed by atoms with Crippen LogP contribution in [0.5, 0.6) is 0 Å². The van der Waals surface area contributed by atoms with Crippen molar-refractivity contribution in [3.8, 4) is 11.1 Å². The van der Waals surface area contributed by atoms with E-state index in [0.717, 1.165) is 12.1 Å². The molecule has 0 N–H and O–H groups in total. The van der Waals surface area contributed by atoms with Crippen LogP contribution in [0.1, 0.15) is 0 Å². The molecule has 0 fully saturated rings. The topological polar surface area (TPSA) is 27.1 Å². The first-order chi connectivity index (χ1) is 7.81. The fraction of sp³-hybridized carbons (Fsp3) is 0.250. The van der Waals surface area contributed by atoms with Crippen LogP contribution >= 0.6 is 22.6 Å². The highest BCUT2D eigenvalue weighted by Crippen LogP contribution is 2.24. The molecule has 0 bridgehead atoms. The third-order valence-corrected chi connectivity index (χ3v) is 3.28. The second-order valence-corrected chi connectivity index (χ2v) is 4.63. The lowest BCUT2D eigenvalue weighted by Crippen LogP contribution is -2.03. The Morgan fingerprint density at radius 2 is 2.19 bits per heavy atom. The van der Waals surface area contributed by atoms with Crippen LogP contribution in [0.25, 0.3) is 11.1 Å². The van der Waals surface area contributed by atoms with Crippen LogP contribution in [0.2, 0.25) is 0 Å². The monoisotopic (exact) mass is 328 g/mol. The van der Waals surface area contributed by atoms with E-state index in [4.69, 9.17) is 4.74 Å². The minimum Gasteiger partial charge on any atom is -0.383 e. The Hall–Kier alpha value is -0.880. The molecule has 0 unspecified atom stereocenters. The number of rotatable bonds is 4. The SMILES string of the molecule is COCCn1cc(-c2ccccc2I)cn1. The van der Waals surface area contributed by atoms with Crippen LogP contribution < -0.4 is 0 Å². The minimum atomic E-state index is 0.688. The van der Waals surface area contributed by atoms with Crippen molar-refractivity contribution in [3.05, 3.63) is 40.2 Å². The van der Waals surface area contributed by atoms with Crippen molar-refractivity contribution in [2.75, 3.05) is 13.7 Å². The normalized spacial score (nSPS) is 10.6. The highest BCUT2D eigenvalue weighted by atomic mass is 127. The Labute approximate surface area is 109 Å². The first-order valence-electron chi connectivity index (χ1n) is 5.07. The number of hydrogen-bond acceptors (Lipinski definition) is 2. The molecule has 0 aliphatic carbocycles. The van der Waals surface area contributed by atoms with Gasteiger partial charge in [-0.3, -0.25) is 4.68 Å². The Balaban J connectivity index is 2.22. The zero-order valence-electron chi connectivity index (χ0n) is 9.06. The lowest BCUT2D eigenvalue weighted by Gasteiger charge is -2.00. The maximum Gasteiger partial charge on any atom is 0.0658 e. The zero-order chi connectivity index (χ0) is 11.4. The maximum atomic E-state index is 5.02. The van der Waals surface area contributed by atoms with E-state index in [2.05, 4.69) is 46.0 Å². The van der Waals surface area contributed by atoms with Crippen molar-refractivity contribution in [1.29, 1.82) is 0 Å². The van der Waals surface area contributed by atoms with Gasteiger partial charge in [0.05, 0.1) is 19.3 Å². The van der Waals surface area contributed by atoms with Gasteiger partial charge in [0.1, 0.15) is 0 Å². The maximum absolute atomic E-state index is 5.02.